The summed E-state index contributed by atoms with van der Waals surface area (Å²) in [6.45, 7) is 5.47. The molecule has 0 fully saturated rings. The molecule has 0 aliphatic heterocycles. The summed E-state index contributed by atoms with van der Waals surface area (Å²) < 4.78 is 0. The minimum absolute atomic E-state index is 0.0656. The molecule has 0 radical (unpaired) electrons. The van der Waals surface area contributed by atoms with Crippen molar-refractivity contribution in [3.8, 4) is 6.07 Å². The smallest absolute Gasteiger partial charge is 0.136 e. The fourth-order valence-electron chi connectivity index (χ4n) is 0.583. The zero-order valence-electron chi connectivity index (χ0n) is 6.72. The number of Topliss-reactive ketones (excluding diaryl/α,β-unsaturated/α-hetero) is 1. The van der Waals surface area contributed by atoms with Gasteiger partial charge in [-0.1, -0.05) is 13.8 Å². The number of carbonyl (C=O) groups is 1. The van der Waals surface area contributed by atoms with Crippen molar-refractivity contribution in [2.24, 2.45) is 11.8 Å². The third-order valence-electron chi connectivity index (χ3n) is 1.37. The number of nitrogens with zero attached hydrogens (tertiary/aromatic N) is 1. The van der Waals surface area contributed by atoms with E-state index in [2.05, 4.69) is 0 Å². The van der Waals surface area contributed by atoms with Crippen LogP contribution in [0.2, 0.25) is 0 Å². The first-order valence-electron chi connectivity index (χ1n) is 3.50. The van der Waals surface area contributed by atoms with E-state index in [0.29, 0.717) is 6.42 Å². The fraction of sp³-hybridized carbons (Fsp3) is 0.750. The molecular formula is C8H13NO. The van der Waals surface area contributed by atoms with E-state index in [1.807, 2.05) is 19.9 Å². The van der Waals surface area contributed by atoms with Crippen LogP contribution >= 0.6 is 0 Å². The SMILES string of the molecule is CC(C#N)CC(=O)C(C)C. The Labute approximate surface area is 61.8 Å². The Balaban J connectivity index is 3.71. The van der Waals surface area contributed by atoms with Gasteiger partial charge in [0.1, 0.15) is 5.78 Å². The van der Waals surface area contributed by atoms with E-state index < -0.39 is 0 Å². The molecule has 0 aromatic carbocycles. The lowest BCUT2D eigenvalue weighted by atomic mass is 9.99. The molecule has 0 aromatic rings. The predicted octanol–water partition coefficient (Wildman–Crippen LogP) is 1.76. The molecular weight excluding hydrogens is 126 g/mol. The van der Waals surface area contributed by atoms with Crippen molar-refractivity contribution in [1.29, 1.82) is 5.26 Å². The minimum atomic E-state index is -0.130. The second-order valence-corrected chi connectivity index (χ2v) is 2.86. The van der Waals surface area contributed by atoms with Crippen LogP contribution in [0.15, 0.2) is 0 Å². The number of hydrogen-bond acceptors (Lipinski definition) is 2. The van der Waals surface area contributed by atoms with Gasteiger partial charge in [0.05, 0.1) is 12.0 Å². The highest BCUT2D eigenvalue weighted by Crippen LogP contribution is 2.06. The Morgan fingerprint density at radius 2 is 2.00 bits per heavy atom. The van der Waals surface area contributed by atoms with Gasteiger partial charge in [0, 0.05) is 12.3 Å². The van der Waals surface area contributed by atoms with Crippen molar-refractivity contribution in [2.45, 2.75) is 27.2 Å². The van der Waals surface area contributed by atoms with Crippen LogP contribution in [0.4, 0.5) is 0 Å². The number of hydrogen-bond donors (Lipinski definition) is 0. The lowest BCUT2D eigenvalue weighted by Crippen LogP contribution is -2.10. The lowest BCUT2D eigenvalue weighted by molar-refractivity contribution is -0.122. The molecule has 2 nitrogen and oxygen atoms in total. The second-order valence-electron chi connectivity index (χ2n) is 2.86. The molecule has 1 unspecified atom stereocenters. The average molecular weight is 139 g/mol. The monoisotopic (exact) mass is 139 g/mol. The van der Waals surface area contributed by atoms with Gasteiger partial charge in [-0.2, -0.15) is 5.26 Å². The maximum absolute atomic E-state index is 11.0. The zero-order valence-corrected chi connectivity index (χ0v) is 6.72. The molecule has 0 spiro atoms. The van der Waals surface area contributed by atoms with Crippen LogP contribution in [-0.2, 0) is 4.79 Å². The van der Waals surface area contributed by atoms with Crippen LogP contribution in [0, 0.1) is 23.2 Å². The molecule has 0 N–H and O–H groups in total. The van der Waals surface area contributed by atoms with Gasteiger partial charge >= 0.3 is 0 Å². The van der Waals surface area contributed by atoms with Crippen LogP contribution in [0.25, 0.3) is 0 Å². The molecule has 0 saturated heterocycles. The van der Waals surface area contributed by atoms with Crippen LogP contribution in [-0.4, -0.2) is 5.78 Å². The van der Waals surface area contributed by atoms with Crippen molar-refractivity contribution in [3.63, 3.8) is 0 Å². The molecule has 56 valence electrons. The summed E-state index contributed by atoms with van der Waals surface area (Å²) in [4.78, 5) is 11.0. The van der Waals surface area contributed by atoms with Crippen molar-refractivity contribution >= 4 is 5.78 Å². The molecule has 0 aromatic heterocycles. The van der Waals surface area contributed by atoms with Gasteiger partial charge in [0.25, 0.3) is 0 Å². The third-order valence-corrected chi connectivity index (χ3v) is 1.37. The molecule has 0 saturated carbocycles. The number of carbonyl (C=O) groups excluding carboxylic acids is 1. The zero-order chi connectivity index (χ0) is 8.15. The second kappa shape index (κ2) is 4.05. The molecule has 0 aliphatic carbocycles. The third kappa shape index (κ3) is 3.24. The van der Waals surface area contributed by atoms with Crippen LogP contribution < -0.4 is 0 Å². The van der Waals surface area contributed by atoms with Crippen molar-refractivity contribution in [1.82, 2.24) is 0 Å². The standard InChI is InChI=1S/C8H13NO/c1-6(2)8(10)4-7(3)5-9/h6-7H,4H2,1-3H3. The Morgan fingerprint density at radius 1 is 1.50 bits per heavy atom. The molecule has 0 heterocycles. The van der Waals surface area contributed by atoms with Crippen molar-refractivity contribution in [3.05, 3.63) is 0 Å². The highest BCUT2D eigenvalue weighted by atomic mass is 16.1. The first kappa shape index (κ1) is 9.16. The summed E-state index contributed by atoms with van der Waals surface area (Å²) in [7, 11) is 0. The Morgan fingerprint density at radius 3 is 2.30 bits per heavy atom. The first-order chi connectivity index (χ1) is 4.57. The van der Waals surface area contributed by atoms with Gasteiger partial charge in [-0.25, -0.2) is 0 Å². The quantitative estimate of drug-likeness (QED) is 0.597. The summed E-state index contributed by atoms with van der Waals surface area (Å²) >= 11 is 0. The van der Waals surface area contributed by atoms with Gasteiger partial charge in [-0.05, 0) is 6.92 Å². The Kier molecular flexibility index (Phi) is 3.71. The van der Waals surface area contributed by atoms with E-state index >= 15 is 0 Å². The van der Waals surface area contributed by atoms with E-state index in [4.69, 9.17) is 5.26 Å². The highest BCUT2D eigenvalue weighted by molar-refractivity contribution is 5.80. The molecule has 2 heteroatoms. The van der Waals surface area contributed by atoms with Gasteiger partial charge in [-0.15, -0.1) is 0 Å². The minimum Gasteiger partial charge on any atom is -0.299 e. The van der Waals surface area contributed by atoms with Crippen molar-refractivity contribution < 1.29 is 4.79 Å². The summed E-state index contributed by atoms with van der Waals surface area (Å²) in [5, 5.41) is 8.36. The number of rotatable bonds is 3. The summed E-state index contributed by atoms with van der Waals surface area (Å²) in [6.07, 6.45) is 0.397. The molecule has 10 heavy (non-hydrogen) atoms. The normalized spacial score (nSPS) is 12.7. The molecule has 0 aliphatic rings. The Bertz CT molecular complexity index is 155. The maximum Gasteiger partial charge on any atom is 0.136 e. The average Bonchev–Trinajstić information content (AvgIpc) is 1.87. The van der Waals surface area contributed by atoms with E-state index in [0.717, 1.165) is 0 Å². The van der Waals surface area contributed by atoms with E-state index in [1.165, 1.54) is 0 Å². The largest absolute Gasteiger partial charge is 0.299 e. The molecule has 1 atom stereocenters. The summed E-state index contributed by atoms with van der Waals surface area (Å²) in [6, 6.07) is 2.03. The first-order valence-corrected chi connectivity index (χ1v) is 3.50. The molecule has 0 amide bonds. The van der Waals surface area contributed by atoms with Gasteiger partial charge in [-0.3, -0.25) is 4.79 Å². The van der Waals surface area contributed by atoms with Crippen LogP contribution in [0.3, 0.4) is 0 Å². The van der Waals surface area contributed by atoms with Gasteiger partial charge in [0.2, 0.25) is 0 Å². The lowest BCUT2D eigenvalue weighted by Gasteiger charge is -2.03. The highest BCUT2D eigenvalue weighted by Gasteiger charge is 2.10. The topological polar surface area (TPSA) is 40.9 Å². The van der Waals surface area contributed by atoms with E-state index in [1.54, 1.807) is 6.92 Å². The summed E-state index contributed by atoms with van der Waals surface area (Å²) in [5.74, 6) is 0.111. The van der Waals surface area contributed by atoms with E-state index in [-0.39, 0.29) is 17.6 Å². The Hall–Kier alpha value is -0.840. The molecule has 0 rings (SSSR count). The predicted molar refractivity (Wildman–Crippen MR) is 39.2 cm³/mol. The van der Waals surface area contributed by atoms with E-state index in [9.17, 15) is 4.79 Å². The maximum atomic E-state index is 11.0. The van der Waals surface area contributed by atoms with Crippen LogP contribution in [0.5, 0.6) is 0 Å². The van der Waals surface area contributed by atoms with Gasteiger partial charge in [0.15, 0.2) is 0 Å². The number of ketones is 1. The number of nitriles is 1. The molecule has 0 bridgehead atoms. The summed E-state index contributed by atoms with van der Waals surface area (Å²) in [5.41, 5.74) is 0. The van der Waals surface area contributed by atoms with Gasteiger partial charge < -0.3 is 0 Å². The fourth-order valence-corrected chi connectivity index (χ4v) is 0.583. The van der Waals surface area contributed by atoms with Crippen molar-refractivity contribution in [2.75, 3.05) is 0 Å². The van der Waals surface area contributed by atoms with Crippen LogP contribution in [0.1, 0.15) is 27.2 Å².